The molecule has 0 aliphatic carbocycles. The molecule has 0 saturated carbocycles. The molecule has 2 N–H and O–H groups in total. The Labute approximate surface area is 124 Å². The Hall–Kier alpha value is -2.05. The van der Waals surface area contributed by atoms with Gasteiger partial charge in [0.15, 0.2) is 6.10 Å². The highest BCUT2D eigenvalue weighted by molar-refractivity contribution is 7.99. The molecule has 0 saturated heterocycles. The molecule has 0 bridgehead atoms. The smallest absolute Gasteiger partial charge is 0.257 e. The van der Waals surface area contributed by atoms with Crippen molar-refractivity contribution >= 4 is 23.4 Å². The zero-order valence-electron chi connectivity index (χ0n) is 11.1. The minimum absolute atomic E-state index is 0.271. The van der Waals surface area contributed by atoms with Crippen molar-refractivity contribution in [2.24, 2.45) is 0 Å². The Morgan fingerprint density at radius 1 is 1.33 bits per heavy atom. The van der Waals surface area contributed by atoms with Gasteiger partial charge in [0, 0.05) is 16.1 Å². The van der Waals surface area contributed by atoms with Crippen LogP contribution in [0.25, 0.3) is 0 Å². The Morgan fingerprint density at radius 3 is 2.90 bits per heavy atom. The van der Waals surface area contributed by atoms with Crippen molar-refractivity contribution in [1.29, 1.82) is 0 Å². The lowest BCUT2D eigenvalue weighted by Gasteiger charge is -2.08. The second-order valence-electron chi connectivity index (χ2n) is 4.54. The molecule has 1 aliphatic rings. The topological polar surface area (TPSA) is 58.6 Å². The van der Waals surface area contributed by atoms with Gasteiger partial charge in [-0.2, -0.15) is 0 Å². The summed E-state index contributed by atoms with van der Waals surface area (Å²) in [4.78, 5) is 12.6. The SMILES string of the molecule is COc1cccc(Sc2cc3c(cc2F)C(O)C(=O)N3)c1. The number of aliphatic hydroxyl groups is 1. The number of hydrogen-bond acceptors (Lipinski definition) is 4. The summed E-state index contributed by atoms with van der Waals surface area (Å²) in [5.41, 5.74) is 0.715. The van der Waals surface area contributed by atoms with Gasteiger partial charge < -0.3 is 15.2 Å². The third kappa shape index (κ3) is 2.59. The van der Waals surface area contributed by atoms with Gasteiger partial charge in [0.05, 0.1) is 12.0 Å². The van der Waals surface area contributed by atoms with Gasteiger partial charge in [0.1, 0.15) is 11.6 Å². The van der Waals surface area contributed by atoms with E-state index in [2.05, 4.69) is 5.32 Å². The number of carbonyl (C=O) groups excluding carboxylic acids is 1. The molecule has 1 unspecified atom stereocenters. The summed E-state index contributed by atoms with van der Waals surface area (Å²) >= 11 is 1.22. The summed E-state index contributed by atoms with van der Waals surface area (Å²) in [6.07, 6.45) is -1.30. The summed E-state index contributed by atoms with van der Waals surface area (Å²) in [5, 5.41) is 12.2. The van der Waals surface area contributed by atoms with Gasteiger partial charge in [0.25, 0.3) is 5.91 Å². The molecule has 1 atom stereocenters. The molecule has 1 heterocycles. The van der Waals surface area contributed by atoms with Crippen LogP contribution < -0.4 is 10.1 Å². The first-order valence-corrected chi connectivity index (χ1v) is 7.04. The van der Waals surface area contributed by atoms with Gasteiger partial charge >= 0.3 is 0 Å². The molecule has 4 nitrogen and oxygen atoms in total. The Morgan fingerprint density at radius 2 is 2.14 bits per heavy atom. The standard InChI is InChI=1S/C15H12FNO3S/c1-20-8-3-2-4-9(5-8)21-13-7-12-10(6-11(13)16)14(18)15(19)17-12/h2-7,14,18H,1H3,(H,17,19). The summed E-state index contributed by atoms with van der Waals surface area (Å²) in [7, 11) is 1.57. The third-order valence-electron chi connectivity index (χ3n) is 3.17. The summed E-state index contributed by atoms with van der Waals surface area (Å²) in [5.74, 6) is -0.324. The van der Waals surface area contributed by atoms with Crippen LogP contribution in [0.5, 0.6) is 5.75 Å². The molecular formula is C15H12FNO3S. The van der Waals surface area contributed by atoms with E-state index >= 15 is 0 Å². The highest BCUT2D eigenvalue weighted by Gasteiger charge is 2.30. The minimum Gasteiger partial charge on any atom is -0.497 e. The number of anilines is 1. The highest BCUT2D eigenvalue weighted by atomic mass is 32.2. The number of fused-ring (bicyclic) bond motifs is 1. The maximum atomic E-state index is 14.1. The first-order chi connectivity index (χ1) is 10.1. The third-order valence-corrected chi connectivity index (χ3v) is 4.20. The molecule has 2 aromatic carbocycles. The number of benzene rings is 2. The van der Waals surface area contributed by atoms with E-state index in [1.165, 1.54) is 23.9 Å². The summed E-state index contributed by atoms with van der Waals surface area (Å²) in [6.45, 7) is 0. The molecular weight excluding hydrogens is 293 g/mol. The van der Waals surface area contributed by atoms with E-state index in [1.54, 1.807) is 19.2 Å². The number of carbonyl (C=O) groups is 1. The van der Waals surface area contributed by atoms with E-state index in [0.717, 1.165) is 4.90 Å². The average molecular weight is 305 g/mol. The van der Waals surface area contributed by atoms with Crippen LogP contribution in [0.4, 0.5) is 10.1 Å². The number of nitrogens with one attached hydrogen (secondary N) is 1. The maximum Gasteiger partial charge on any atom is 0.257 e. The van der Waals surface area contributed by atoms with Gasteiger partial charge in [-0.05, 0) is 30.3 Å². The minimum atomic E-state index is -1.30. The van der Waals surface area contributed by atoms with Crippen molar-refractivity contribution < 1.29 is 19.0 Å². The lowest BCUT2D eigenvalue weighted by molar-refractivity contribution is -0.123. The van der Waals surface area contributed by atoms with Gasteiger partial charge in [-0.1, -0.05) is 17.8 Å². The Balaban J connectivity index is 1.93. The number of halogens is 1. The van der Waals surface area contributed by atoms with Gasteiger partial charge in [-0.25, -0.2) is 4.39 Å². The van der Waals surface area contributed by atoms with Crippen LogP contribution in [-0.4, -0.2) is 18.1 Å². The van der Waals surface area contributed by atoms with Crippen LogP contribution >= 0.6 is 11.8 Å². The second kappa shape index (κ2) is 5.38. The fraction of sp³-hybridized carbons (Fsp3) is 0.133. The van der Waals surface area contributed by atoms with E-state index in [4.69, 9.17) is 4.74 Å². The molecule has 0 spiro atoms. The molecule has 6 heteroatoms. The highest BCUT2D eigenvalue weighted by Crippen LogP contribution is 2.38. The molecule has 2 aromatic rings. The molecule has 0 aromatic heterocycles. The quantitative estimate of drug-likeness (QED) is 0.915. The fourth-order valence-corrected chi connectivity index (χ4v) is 3.02. The molecule has 0 radical (unpaired) electrons. The predicted octanol–water partition coefficient (Wildman–Crippen LogP) is 2.97. The molecule has 0 fully saturated rings. The van der Waals surface area contributed by atoms with E-state index in [0.29, 0.717) is 16.3 Å². The van der Waals surface area contributed by atoms with E-state index in [1.807, 2.05) is 12.1 Å². The van der Waals surface area contributed by atoms with Crippen molar-refractivity contribution in [1.82, 2.24) is 0 Å². The van der Waals surface area contributed by atoms with Gasteiger partial charge in [0.2, 0.25) is 0 Å². The maximum absolute atomic E-state index is 14.1. The summed E-state index contributed by atoms with van der Waals surface area (Å²) in [6, 6.07) is 9.99. The number of rotatable bonds is 3. The number of aliphatic hydroxyl groups excluding tert-OH is 1. The lowest BCUT2D eigenvalue weighted by atomic mass is 10.1. The average Bonchev–Trinajstić information content (AvgIpc) is 2.75. The first kappa shape index (κ1) is 13.9. The molecule has 21 heavy (non-hydrogen) atoms. The van der Waals surface area contributed by atoms with Crippen LogP contribution in [0, 0.1) is 5.82 Å². The lowest BCUT2D eigenvalue weighted by Crippen LogP contribution is -2.10. The van der Waals surface area contributed by atoms with E-state index in [-0.39, 0.29) is 5.56 Å². The molecule has 1 amide bonds. The van der Waals surface area contributed by atoms with Crippen molar-refractivity contribution in [3.63, 3.8) is 0 Å². The van der Waals surface area contributed by atoms with Crippen LogP contribution in [-0.2, 0) is 4.79 Å². The van der Waals surface area contributed by atoms with Crippen molar-refractivity contribution in [3.05, 3.63) is 47.8 Å². The molecule has 1 aliphatic heterocycles. The second-order valence-corrected chi connectivity index (χ2v) is 5.66. The molecule has 3 rings (SSSR count). The Bertz CT molecular complexity index is 720. The van der Waals surface area contributed by atoms with Crippen molar-refractivity contribution in [2.45, 2.75) is 15.9 Å². The van der Waals surface area contributed by atoms with Crippen LogP contribution in [0.15, 0.2) is 46.2 Å². The van der Waals surface area contributed by atoms with Crippen molar-refractivity contribution in [3.8, 4) is 5.75 Å². The fourth-order valence-electron chi connectivity index (χ4n) is 2.12. The number of hydrogen-bond donors (Lipinski definition) is 2. The van der Waals surface area contributed by atoms with Gasteiger partial charge in [-0.15, -0.1) is 0 Å². The largest absolute Gasteiger partial charge is 0.497 e. The van der Waals surface area contributed by atoms with E-state index in [9.17, 15) is 14.3 Å². The monoisotopic (exact) mass is 305 g/mol. The number of ether oxygens (including phenoxy) is 1. The number of methoxy groups -OCH3 is 1. The Kier molecular flexibility index (Phi) is 3.57. The normalized spacial score (nSPS) is 16.5. The van der Waals surface area contributed by atoms with Crippen LogP contribution in [0.1, 0.15) is 11.7 Å². The first-order valence-electron chi connectivity index (χ1n) is 6.23. The van der Waals surface area contributed by atoms with Crippen molar-refractivity contribution in [2.75, 3.05) is 12.4 Å². The van der Waals surface area contributed by atoms with E-state index < -0.39 is 17.8 Å². The van der Waals surface area contributed by atoms with Gasteiger partial charge in [-0.3, -0.25) is 4.79 Å². The van der Waals surface area contributed by atoms with Crippen LogP contribution in [0.3, 0.4) is 0 Å². The van der Waals surface area contributed by atoms with Crippen LogP contribution in [0.2, 0.25) is 0 Å². The predicted molar refractivity (Wildman–Crippen MR) is 77.1 cm³/mol. The zero-order valence-corrected chi connectivity index (χ0v) is 11.9. The summed E-state index contributed by atoms with van der Waals surface area (Å²) < 4.78 is 19.2. The molecule has 108 valence electrons. The number of amides is 1. The zero-order chi connectivity index (χ0) is 15.0.